The van der Waals surface area contributed by atoms with Gasteiger partial charge in [0.2, 0.25) is 0 Å². The molecule has 0 bridgehead atoms. The molecule has 3 rings (SSSR count). The smallest absolute Gasteiger partial charge is 0.121 e. The number of nitrogens with zero attached hydrogens (tertiary/aromatic N) is 1. The fourth-order valence-corrected chi connectivity index (χ4v) is 2.56. The molecule has 0 atom stereocenters. The van der Waals surface area contributed by atoms with Gasteiger partial charge in [-0.1, -0.05) is 0 Å². The average molecular weight is 213 g/mol. The third-order valence-corrected chi connectivity index (χ3v) is 3.43. The Kier molecular flexibility index (Phi) is 2.10. The lowest BCUT2D eigenvalue weighted by Gasteiger charge is -2.14. The average Bonchev–Trinajstić information content (AvgIpc) is 2.68. The summed E-state index contributed by atoms with van der Waals surface area (Å²) in [5.74, 6) is 0.889. The lowest BCUT2D eigenvalue weighted by atomic mass is 9.93. The molecule has 0 amide bonds. The highest BCUT2D eigenvalue weighted by atomic mass is 16.5. The van der Waals surface area contributed by atoms with Crippen molar-refractivity contribution in [3.05, 3.63) is 40.0 Å². The van der Waals surface area contributed by atoms with Crippen LogP contribution in [0, 0.1) is 0 Å². The fourth-order valence-electron chi connectivity index (χ4n) is 2.56. The molecule has 0 spiro atoms. The number of fused-ring (bicyclic) bond motifs is 2. The van der Waals surface area contributed by atoms with Crippen LogP contribution >= 0.6 is 0 Å². The van der Waals surface area contributed by atoms with Gasteiger partial charge in [-0.25, -0.2) is 4.99 Å². The van der Waals surface area contributed by atoms with Crippen molar-refractivity contribution in [2.75, 3.05) is 7.11 Å². The predicted molar refractivity (Wildman–Crippen MR) is 63.7 cm³/mol. The number of ether oxygens (including phenoxy) is 1. The van der Waals surface area contributed by atoms with Crippen molar-refractivity contribution in [1.82, 2.24) is 0 Å². The van der Waals surface area contributed by atoms with Gasteiger partial charge in [0.1, 0.15) is 5.75 Å². The highest BCUT2D eigenvalue weighted by Crippen LogP contribution is 2.31. The molecule has 1 aliphatic carbocycles. The second kappa shape index (κ2) is 3.48. The Morgan fingerprint density at radius 2 is 2.12 bits per heavy atom. The lowest BCUT2D eigenvalue weighted by molar-refractivity contribution is 0.414. The van der Waals surface area contributed by atoms with Crippen LogP contribution in [-0.4, -0.2) is 7.11 Å². The zero-order chi connectivity index (χ0) is 11.1. The van der Waals surface area contributed by atoms with Crippen molar-refractivity contribution in [3.63, 3.8) is 0 Å². The monoisotopic (exact) mass is 213 g/mol. The number of hydrogen-bond donors (Lipinski definition) is 0. The standard InChI is InChI=1S/C14H15NO/c1-9-4-3-5-12-11-7-6-10(16-2)8-13(11)15-14(9)12/h6-8H,3-5H2,1-2H3. The van der Waals surface area contributed by atoms with E-state index in [0.717, 1.165) is 17.5 Å². The maximum atomic E-state index is 5.23. The quantitative estimate of drug-likeness (QED) is 0.698. The van der Waals surface area contributed by atoms with Crippen LogP contribution in [0.1, 0.15) is 26.2 Å². The van der Waals surface area contributed by atoms with E-state index in [-0.39, 0.29) is 0 Å². The summed E-state index contributed by atoms with van der Waals surface area (Å²) in [5, 5.41) is 2.38. The van der Waals surface area contributed by atoms with Gasteiger partial charge in [-0.2, -0.15) is 0 Å². The molecule has 1 aromatic rings. The van der Waals surface area contributed by atoms with Gasteiger partial charge in [0.05, 0.1) is 18.2 Å². The van der Waals surface area contributed by atoms with Crippen LogP contribution in [0.5, 0.6) is 5.75 Å². The molecule has 16 heavy (non-hydrogen) atoms. The largest absolute Gasteiger partial charge is 0.497 e. The zero-order valence-corrected chi connectivity index (χ0v) is 9.71. The van der Waals surface area contributed by atoms with Crippen LogP contribution in [0.25, 0.3) is 5.57 Å². The van der Waals surface area contributed by atoms with Gasteiger partial charge in [-0.15, -0.1) is 0 Å². The first-order valence-corrected chi connectivity index (χ1v) is 5.75. The Morgan fingerprint density at radius 1 is 1.25 bits per heavy atom. The van der Waals surface area contributed by atoms with Crippen LogP contribution in [0.4, 0.5) is 0 Å². The molecular formula is C14H15NO. The molecule has 0 N–H and O–H groups in total. The van der Waals surface area contributed by atoms with Crippen molar-refractivity contribution in [2.45, 2.75) is 26.2 Å². The van der Waals surface area contributed by atoms with E-state index in [2.05, 4.69) is 13.0 Å². The number of allylic oxidation sites excluding steroid dienone is 2. The number of benzene rings is 1. The summed E-state index contributed by atoms with van der Waals surface area (Å²) in [6.45, 7) is 2.20. The Hall–Kier alpha value is -1.57. The number of hydrogen-bond acceptors (Lipinski definition) is 2. The van der Waals surface area contributed by atoms with E-state index < -0.39 is 0 Å². The SMILES string of the molecule is COc1ccc2c(c1)=NC1=C(C)CCCC=21. The van der Waals surface area contributed by atoms with E-state index in [1.807, 2.05) is 12.1 Å². The summed E-state index contributed by atoms with van der Waals surface area (Å²) in [4.78, 5) is 4.73. The molecule has 2 aliphatic rings. The summed E-state index contributed by atoms with van der Waals surface area (Å²) < 4.78 is 5.23. The first kappa shape index (κ1) is 9.64. The minimum atomic E-state index is 0.889. The summed E-state index contributed by atoms with van der Waals surface area (Å²) in [6, 6.07) is 6.19. The van der Waals surface area contributed by atoms with E-state index >= 15 is 0 Å². The normalized spacial score (nSPS) is 18.0. The van der Waals surface area contributed by atoms with E-state index in [9.17, 15) is 0 Å². The highest BCUT2D eigenvalue weighted by molar-refractivity contribution is 5.68. The zero-order valence-electron chi connectivity index (χ0n) is 9.71. The third-order valence-electron chi connectivity index (χ3n) is 3.43. The summed E-state index contributed by atoms with van der Waals surface area (Å²) >= 11 is 0. The fraction of sp³-hybridized carbons (Fsp3) is 0.357. The molecule has 0 aromatic heterocycles. The Balaban J connectivity index is 2.32. The van der Waals surface area contributed by atoms with Gasteiger partial charge in [0.15, 0.2) is 0 Å². The molecule has 0 saturated carbocycles. The van der Waals surface area contributed by atoms with Crippen molar-refractivity contribution >= 4 is 5.57 Å². The van der Waals surface area contributed by atoms with Gasteiger partial charge < -0.3 is 4.74 Å². The molecule has 1 heterocycles. The lowest BCUT2D eigenvalue weighted by Crippen LogP contribution is -2.22. The van der Waals surface area contributed by atoms with Crippen molar-refractivity contribution < 1.29 is 4.74 Å². The van der Waals surface area contributed by atoms with Crippen LogP contribution in [0.3, 0.4) is 0 Å². The first-order chi connectivity index (χ1) is 7.79. The molecular weight excluding hydrogens is 198 g/mol. The molecule has 0 radical (unpaired) electrons. The van der Waals surface area contributed by atoms with E-state index in [0.29, 0.717) is 0 Å². The molecule has 0 fully saturated rings. The third kappa shape index (κ3) is 1.29. The molecule has 1 aliphatic heterocycles. The molecule has 2 heteroatoms. The van der Waals surface area contributed by atoms with Crippen molar-refractivity contribution in [1.29, 1.82) is 0 Å². The second-order valence-electron chi connectivity index (χ2n) is 4.46. The summed E-state index contributed by atoms with van der Waals surface area (Å²) in [7, 11) is 1.70. The predicted octanol–water partition coefficient (Wildman–Crippen LogP) is 1.94. The molecule has 0 saturated heterocycles. The Labute approximate surface area is 95.0 Å². The highest BCUT2D eigenvalue weighted by Gasteiger charge is 2.19. The molecule has 82 valence electrons. The van der Waals surface area contributed by atoms with Crippen LogP contribution < -0.4 is 15.3 Å². The summed E-state index contributed by atoms with van der Waals surface area (Å²) in [5.41, 5.74) is 4.09. The topological polar surface area (TPSA) is 21.6 Å². The van der Waals surface area contributed by atoms with Crippen LogP contribution in [-0.2, 0) is 0 Å². The van der Waals surface area contributed by atoms with Gasteiger partial charge in [0.25, 0.3) is 0 Å². The number of rotatable bonds is 1. The van der Waals surface area contributed by atoms with Gasteiger partial charge in [-0.3, -0.25) is 0 Å². The maximum absolute atomic E-state index is 5.23. The van der Waals surface area contributed by atoms with Crippen LogP contribution in [0.15, 0.2) is 34.5 Å². The molecule has 1 aromatic carbocycles. The summed E-state index contributed by atoms with van der Waals surface area (Å²) in [6.07, 6.45) is 3.61. The first-order valence-electron chi connectivity index (χ1n) is 5.75. The van der Waals surface area contributed by atoms with Gasteiger partial charge >= 0.3 is 0 Å². The molecule has 2 nitrogen and oxygen atoms in total. The Morgan fingerprint density at radius 3 is 2.94 bits per heavy atom. The second-order valence-corrected chi connectivity index (χ2v) is 4.46. The minimum absolute atomic E-state index is 0.889. The maximum Gasteiger partial charge on any atom is 0.121 e. The van der Waals surface area contributed by atoms with Crippen LogP contribution in [0.2, 0.25) is 0 Å². The minimum Gasteiger partial charge on any atom is -0.497 e. The van der Waals surface area contributed by atoms with E-state index in [4.69, 9.17) is 9.73 Å². The van der Waals surface area contributed by atoms with E-state index in [1.54, 1.807) is 7.11 Å². The van der Waals surface area contributed by atoms with E-state index in [1.165, 1.54) is 34.9 Å². The number of methoxy groups -OCH3 is 1. The van der Waals surface area contributed by atoms with Gasteiger partial charge in [0, 0.05) is 11.3 Å². The van der Waals surface area contributed by atoms with Crippen molar-refractivity contribution in [2.24, 2.45) is 4.99 Å². The van der Waals surface area contributed by atoms with Crippen molar-refractivity contribution in [3.8, 4) is 5.75 Å². The molecule has 0 unspecified atom stereocenters. The van der Waals surface area contributed by atoms with Gasteiger partial charge in [-0.05, 0) is 49.5 Å². The Bertz CT molecular complexity index is 596.